The molecule has 0 saturated carbocycles. The highest BCUT2D eigenvalue weighted by atomic mass is 32.2. The molecular weight excluding hydrogens is 501 g/mol. The molecule has 0 radical (unpaired) electrons. The summed E-state index contributed by atoms with van der Waals surface area (Å²) in [6, 6.07) is 17.3. The van der Waals surface area contributed by atoms with E-state index in [-0.39, 0.29) is 9.79 Å². The van der Waals surface area contributed by atoms with Crippen LogP contribution in [0.4, 0.5) is 45.5 Å². The molecule has 0 saturated heterocycles. The average Bonchev–Trinajstić information content (AvgIpc) is 2.80. The number of rotatable bonds is 2. The molecular formula is C24H20N6O2S3. The van der Waals surface area contributed by atoms with E-state index in [2.05, 4.69) is 10.6 Å². The van der Waals surface area contributed by atoms with Gasteiger partial charge in [0, 0.05) is 42.3 Å². The minimum Gasteiger partial charge on any atom is -0.399 e. The van der Waals surface area contributed by atoms with Crippen molar-refractivity contribution in [1.82, 2.24) is 0 Å². The molecule has 0 amide bonds. The van der Waals surface area contributed by atoms with Crippen molar-refractivity contribution in [3.05, 3.63) is 60.7 Å². The lowest BCUT2D eigenvalue weighted by Crippen LogP contribution is -2.13. The highest BCUT2D eigenvalue weighted by Gasteiger charge is 2.32. The first-order valence-corrected chi connectivity index (χ1v) is 13.6. The van der Waals surface area contributed by atoms with E-state index in [1.54, 1.807) is 24.3 Å². The highest BCUT2D eigenvalue weighted by molar-refractivity contribution is 8.00. The summed E-state index contributed by atoms with van der Waals surface area (Å²) in [5.41, 5.74) is 28.6. The van der Waals surface area contributed by atoms with Crippen LogP contribution in [0.3, 0.4) is 0 Å². The SMILES string of the molecule is Nc1ccc2c(c1)Sc1cc(N)cc(S(=O)(=O)c3cc(N)cc4c3Nc3ccc(N)cc3S4)c1N2. The molecule has 0 spiro atoms. The van der Waals surface area contributed by atoms with Crippen LogP contribution in [-0.2, 0) is 9.84 Å². The first-order valence-electron chi connectivity index (χ1n) is 10.5. The Labute approximate surface area is 210 Å². The molecule has 6 rings (SSSR count). The molecule has 0 bridgehead atoms. The van der Waals surface area contributed by atoms with Crippen LogP contribution in [0, 0.1) is 0 Å². The quantitative estimate of drug-likeness (QED) is 0.166. The Kier molecular flexibility index (Phi) is 4.78. The Hall–Kier alpha value is -3.67. The van der Waals surface area contributed by atoms with Gasteiger partial charge in [0.05, 0.1) is 32.5 Å². The molecule has 10 N–H and O–H groups in total. The van der Waals surface area contributed by atoms with Crippen LogP contribution in [-0.4, -0.2) is 8.42 Å². The molecule has 0 unspecified atom stereocenters. The lowest BCUT2D eigenvalue weighted by atomic mass is 10.2. The Morgan fingerprint density at radius 1 is 0.543 bits per heavy atom. The Morgan fingerprint density at radius 3 is 1.37 bits per heavy atom. The van der Waals surface area contributed by atoms with Gasteiger partial charge in [0.25, 0.3) is 0 Å². The fourth-order valence-electron chi connectivity index (χ4n) is 4.13. The predicted molar refractivity (Wildman–Crippen MR) is 144 cm³/mol. The van der Waals surface area contributed by atoms with E-state index in [0.717, 1.165) is 21.2 Å². The number of hydrogen-bond donors (Lipinski definition) is 6. The number of fused-ring (bicyclic) bond motifs is 4. The smallest absolute Gasteiger partial charge is 0.210 e. The van der Waals surface area contributed by atoms with Crippen LogP contribution in [0.15, 0.2) is 90.0 Å². The van der Waals surface area contributed by atoms with Crippen molar-refractivity contribution in [3.8, 4) is 0 Å². The normalized spacial score (nSPS) is 13.5. The molecule has 176 valence electrons. The molecule has 35 heavy (non-hydrogen) atoms. The summed E-state index contributed by atoms with van der Waals surface area (Å²) >= 11 is 2.83. The third kappa shape index (κ3) is 3.59. The van der Waals surface area contributed by atoms with Gasteiger partial charge in [-0.2, -0.15) is 0 Å². The van der Waals surface area contributed by atoms with Crippen LogP contribution in [0.25, 0.3) is 0 Å². The van der Waals surface area contributed by atoms with Gasteiger partial charge in [0.15, 0.2) is 0 Å². The lowest BCUT2D eigenvalue weighted by Gasteiger charge is -2.26. The second-order valence-electron chi connectivity index (χ2n) is 8.25. The summed E-state index contributed by atoms with van der Waals surface area (Å²) in [5, 5.41) is 6.55. The predicted octanol–water partition coefficient (Wildman–Crippen LogP) is 5.26. The Balaban J connectivity index is 1.51. The monoisotopic (exact) mass is 520 g/mol. The number of nitrogens with one attached hydrogen (secondary N) is 2. The van der Waals surface area contributed by atoms with Gasteiger partial charge in [-0.1, -0.05) is 23.5 Å². The summed E-state index contributed by atoms with van der Waals surface area (Å²) in [6.07, 6.45) is 0. The van der Waals surface area contributed by atoms with Gasteiger partial charge < -0.3 is 33.6 Å². The highest BCUT2D eigenvalue weighted by Crippen LogP contribution is 2.52. The van der Waals surface area contributed by atoms with E-state index in [4.69, 9.17) is 22.9 Å². The second-order valence-corrected chi connectivity index (χ2v) is 12.3. The summed E-state index contributed by atoms with van der Waals surface area (Å²) in [7, 11) is -4.05. The van der Waals surface area contributed by atoms with Crippen LogP contribution in [0.5, 0.6) is 0 Å². The second kappa shape index (κ2) is 7.67. The summed E-state index contributed by atoms with van der Waals surface area (Å²) in [5.74, 6) is 0. The largest absolute Gasteiger partial charge is 0.399 e. The molecule has 0 fully saturated rings. The molecule has 4 aromatic carbocycles. The maximum atomic E-state index is 14.2. The molecule has 8 nitrogen and oxygen atoms in total. The first kappa shape index (κ1) is 21.8. The van der Waals surface area contributed by atoms with E-state index in [1.807, 2.05) is 24.3 Å². The van der Waals surface area contributed by atoms with Crippen molar-refractivity contribution in [2.24, 2.45) is 0 Å². The molecule has 11 heteroatoms. The third-order valence-corrected chi connectivity index (χ3v) is 9.73. The molecule has 4 aromatic rings. The zero-order valence-corrected chi connectivity index (χ0v) is 20.6. The molecule has 0 aromatic heterocycles. The van der Waals surface area contributed by atoms with Gasteiger partial charge in [0.1, 0.15) is 0 Å². The van der Waals surface area contributed by atoms with E-state index >= 15 is 0 Å². The van der Waals surface area contributed by atoms with Crippen LogP contribution in [0.2, 0.25) is 0 Å². The zero-order valence-electron chi connectivity index (χ0n) is 18.1. The Bertz CT molecular complexity index is 1550. The van der Waals surface area contributed by atoms with Gasteiger partial charge in [-0.25, -0.2) is 8.42 Å². The van der Waals surface area contributed by atoms with E-state index in [9.17, 15) is 8.42 Å². The van der Waals surface area contributed by atoms with Crippen molar-refractivity contribution in [2.45, 2.75) is 29.4 Å². The number of nitrogens with two attached hydrogens (primary N) is 4. The van der Waals surface area contributed by atoms with Crippen molar-refractivity contribution in [1.29, 1.82) is 0 Å². The minimum atomic E-state index is -4.05. The third-order valence-electron chi connectivity index (χ3n) is 5.73. The first-order chi connectivity index (χ1) is 16.7. The topological polar surface area (TPSA) is 162 Å². The van der Waals surface area contributed by atoms with E-state index in [0.29, 0.717) is 43.9 Å². The van der Waals surface area contributed by atoms with E-state index in [1.165, 1.54) is 35.7 Å². The van der Waals surface area contributed by atoms with E-state index < -0.39 is 9.84 Å². The maximum Gasteiger partial charge on any atom is 0.210 e. The Morgan fingerprint density at radius 2 is 0.943 bits per heavy atom. The fraction of sp³-hybridized carbons (Fsp3) is 0. The van der Waals surface area contributed by atoms with Crippen LogP contribution >= 0.6 is 23.5 Å². The average molecular weight is 521 g/mol. The van der Waals surface area contributed by atoms with Gasteiger partial charge in [-0.05, 0) is 60.7 Å². The fourth-order valence-corrected chi connectivity index (χ4v) is 8.18. The van der Waals surface area contributed by atoms with Gasteiger partial charge >= 0.3 is 0 Å². The number of anilines is 8. The summed E-state index contributed by atoms with van der Waals surface area (Å²) in [6.45, 7) is 0. The summed E-state index contributed by atoms with van der Waals surface area (Å²) < 4.78 is 28.3. The van der Waals surface area contributed by atoms with Crippen LogP contribution < -0.4 is 33.6 Å². The molecule has 0 atom stereocenters. The van der Waals surface area contributed by atoms with Crippen molar-refractivity contribution in [3.63, 3.8) is 0 Å². The molecule has 2 heterocycles. The van der Waals surface area contributed by atoms with Gasteiger partial charge in [-0.3, -0.25) is 0 Å². The van der Waals surface area contributed by atoms with Crippen molar-refractivity contribution >= 4 is 78.9 Å². The standard InChI is InChI=1S/C24H20N6O2S3/c25-11-1-3-15-17(5-11)33-19-7-13(27)9-21(23(19)29-15)35(31,32)22-10-14(28)8-20-24(22)30-16-4-2-12(26)6-18(16)34-20/h1-10,29-30H,25-28H2. The lowest BCUT2D eigenvalue weighted by molar-refractivity contribution is 0.596. The van der Waals surface area contributed by atoms with Crippen molar-refractivity contribution < 1.29 is 8.42 Å². The van der Waals surface area contributed by atoms with Gasteiger partial charge in [0.2, 0.25) is 9.84 Å². The van der Waals surface area contributed by atoms with Crippen molar-refractivity contribution in [2.75, 3.05) is 33.6 Å². The number of hydrogen-bond acceptors (Lipinski definition) is 10. The molecule has 2 aliphatic heterocycles. The minimum absolute atomic E-state index is 0.0742. The number of nitrogen functional groups attached to an aromatic ring is 4. The van der Waals surface area contributed by atoms with Gasteiger partial charge in [-0.15, -0.1) is 0 Å². The number of sulfone groups is 1. The molecule has 0 aliphatic carbocycles. The maximum absolute atomic E-state index is 14.2. The zero-order chi connectivity index (χ0) is 24.5. The van der Waals surface area contributed by atoms with Crippen LogP contribution in [0.1, 0.15) is 0 Å². The summed E-state index contributed by atoms with van der Waals surface area (Å²) in [4.78, 5) is 3.32. The molecule has 2 aliphatic rings. The number of benzene rings is 4.